The average Bonchev–Trinajstić information content (AvgIpc) is 3.14. The summed E-state index contributed by atoms with van der Waals surface area (Å²) in [4.78, 5) is 4.23. The molecule has 144 valence electrons. The van der Waals surface area contributed by atoms with E-state index in [2.05, 4.69) is 21.7 Å². The van der Waals surface area contributed by atoms with Crippen LogP contribution in [0.4, 0.5) is 0 Å². The molecule has 0 bridgehead atoms. The normalized spacial score (nSPS) is 10.9. The molecule has 0 aliphatic carbocycles. The molecule has 1 heterocycles. The minimum atomic E-state index is 0. The van der Waals surface area contributed by atoms with Crippen LogP contribution in [0.3, 0.4) is 0 Å². The van der Waals surface area contributed by atoms with E-state index in [1.807, 2.05) is 37.3 Å². The topological polar surface area (TPSA) is 68.0 Å². The molecule has 0 unspecified atom stereocenters. The molecule has 0 amide bonds. The van der Waals surface area contributed by atoms with Gasteiger partial charge in [-0.25, -0.2) is 0 Å². The van der Waals surface area contributed by atoms with Gasteiger partial charge < -0.3 is 24.5 Å². The first-order valence-electron chi connectivity index (χ1n) is 8.58. The van der Waals surface area contributed by atoms with Crippen LogP contribution in [0.1, 0.15) is 24.7 Å². The van der Waals surface area contributed by atoms with Crippen molar-refractivity contribution in [1.29, 1.82) is 0 Å². The first-order valence-corrected chi connectivity index (χ1v) is 8.58. The molecule has 0 aliphatic rings. The van der Waals surface area contributed by atoms with Crippen molar-refractivity contribution in [2.24, 2.45) is 4.99 Å². The predicted molar refractivity (Wildman–Crippen MR) is 114 cm³/mol. The number of hydrogen-bond acceptors (Lipinski definition) is 4. The fourth-order valence-corrected chi connectivity index (χ4v) is 2.27. The van der Waals surface area contributed by atoms with Crippen molar-refractivity contribution < 1.29 is 13.9 Å². The van der Waals surface area contributed by atoms with Gasteiger partial charge in [0.2, 0.25) is 0 Å². The SMILES string of the molecule is CCOc1cccc(CNC(=NC)NCCCOCc2ccco2)c1.I. The number of ether oxygens (including phenoxy) is 2. The quantitative estimate of drug-likeness (QED) is 0.239. The molecule has 1 aromatic heterocycles. The van der Waals surface area contributed by atoms with Crippen LogP contribution >= 0.6 is 24.0 Å². The molecular weight excluding hydrogens is 445 g/mol. The maximum Gasteiger partial charge on any atom is 0.191 e. The van der Waals surface area contributed by atoms with E-state index in [4.69, 9.17) is 13.9 Å². The molecular formula is C19H28IN3O3. The maximum absolute atomic E-state index is 5.55. The van der Waals surface area contributed by atoms with Crippen LogP contribution in [0.5, 0.6) is 5.75 Å². The molecule has 7 heteroatoms. The fourth-order valence-electron chi connectivity index (χ4n) is 2.27. The Morgan fingerprint density at radius 2 is 2.08 bits per heavy atom. The summed E-state index contributed by atoms with van der Waals surface area (Å²) >= 11 is 0. The Balaban J connectivity index is 0.00000338. The molecule has 0 fully saturated rings. The van der Waals surface area contributed by atoms with Crippen LogP contribution in [0.25, 0.3) is 0 Å². The third-order valence-electron chi connectivity index (χ3n) is 3.48. The van der Waals surface area contributed by atoms with Crippen LogP contribution < -0.4 is 15.4 Å². The Hall–Kier alpha value is -1.74. The highest BCUT2D eigenvalue weighted by atomic mass is 127. The lowest BCUT2D eigenvalue weighted by molar-refractivity contribution is 0.105. The summed E-state index contributed by atoms with van der Waals surface area (Å²) in [6.45, 7) is 5.31. The minimum Gasteiger partial charge on any atom is -0.494 e. The van der Waals surface area contributed by atoms with Gasteiger partial charge in [0.15, 0.2) is 5.96 Å². The van der Waals surface area contributed by atoms with Crippen molar-refractivity contribution in [2.45, 2.75) is 26.5 Å². The molecule has 0 saturated carbocycles. The summed E-state index contributed by atoms with van der Waals surface area (Å²) in [5.74, 6) is 2.51. The van der Waals surface area contributed by atoms with Crippen molar-refractivity contribution in [3.05, 3.63) is 54.0 Å². The van der Waals surface area contributed by atoms with Gasteiger partial charge >= 0.3 is 0 Å². The number of hydrogen-bond donors (Lipinski definition) is 2. The Bertz CT molecular complexity index is 633. The molecule has 1 aromatic carbocycles. The lowest BCUT2D eigenvalue weighted by Gasteiger charge is -2.12. The van der Waals surface area contributed by atoms with Gasteiger partial charge in [-0.05, 0) is 43.2 Å². The number of benzene rings is 1. The summed E-state index contributed by atoms with van der Waals surface area (Å²) in [6, 6.07) is 11.8. The van der Waals surface area contributed by atoms with Crippen LogP contribution in [0, 0.1) is 0 Å². The Morgan fingerprint density at radius 3 is 2.81 bits per heavy atom. The fraction of sp³-hybridized carbons (Fsp3) is 0.421. The van der Waals surface area contributed by atoms with Crippen LogP contribution in [-0.2, 0) is 17.9 Å². The first-order chi connectivity index (χ1) is 12.3. The van der Waals surface area contributed by atoms with E-state index in [0.29, 0.717) is 26.4 Å². The van der Waals surface area contributed by atoms with Crippen LogP contribution in [-0.4, -0.2) is 32.8 Å². The molecule has 0 aliphatic heterocycles. The Labute approximate surface area is 172 Å². The number of guanidine groups is 1. The minimum absolute atomic E-state index is 0. The summed E-state index contributed by atoms with van der Waals surface area (Å²) in [6.07, 6.45) is 2.54. The van der Waals surface area contributed by atoms with E-state index >= 15 is 0 Å². The molecule has 6 nitrogen and oxygen atoms in total. The molecule has 2 rings (SSSR count). The van der Waals surface area contributed by atoms with E-state index in [1.54, 1.807) is 13.3 Å². The number of rotatable bonds is 10. The zero-order valence-electron chi connectivity index (χ0n) is 15.4. The highest BCUT2D eigenvalue weighted by molar-refractivity contribution is 14.0. The summed E-state index contributed by atoms with van der Waals surface area (Å²) in [7, 11) is 1.76. The van der Waals surface area contributed by atoms with Gasteiger partial charge in [0, 0.05) is 26.7 Å². The molecule has 26 heavy (non-hydrogen) atoms. The molecule has 0 spiro atoms. The predicted octanol–water partition coefficient (Wildman–Crippen LogP) is 3.57. The number of aliphatic imine (C=N–C) groups is 1. The third-order valence-corrected chi connectivity index (χ3v) is 3.48. The third kappa shape index (κ3) is 8.57. The molecule has 2 N–H and O–H groups in total. The van der Waals surface area contributed by atoms with Crippen molar-refractivity contribution in [1.82, 2.24) is 10.6 Å². The molecule has 0 radical (unpaired) electrons. The smallest absolute Gasteiger partial charge is 0.191 e. The number of furan rings is 1. The highest BCUT2D eigenvalue weighted by Gasteiger charge is 2.00. The van der Waals surface area contributed by atoms with Gasteiger partial charge in [-0.3, -0.25) is 4.99 Å². The summed E-state index contributed by atoms with van der Waals surface area (Å²) < 4.78 is 16.3. The van der Waals surface area contributed by atoms with Crippen molar-refractivity contribution >= 4 is 29.9 Å². The molecule has 0 saturated heterocycles. The lowest BCUT2D eigenvalue weighted by Crippen LogP contribution is -2.37. The van der Waals surface area contributed by atoms with E-state index in [-0.39, 0.29) is 24.0 Å². The maximum atomic E-state index is 5.55. The Kier molecular flexibility index (Phi) is 11.5. The summed E-state index contributed by atoms with van der Waals surface area (Å²) in [5, 5.41) is 6.57. The highest BCUT2D eigenvalue weighted by Crippen LogP contribution is 2.12. The van der Waals surface area contributed by atoms with Gasteiger partial charge in [-0.2, -0.15) is 0 Å². The second kappa shape index (κ2) is 13.5. The Morgan fingerprint density at radius 1 is 1.19 bits per heavy atom. The van der Waals surface area contributed by atoms with Gasteiger partial charge in [-0.15, -0.1) is 24.0 Å². The van der Waals surface area contributed by atoms with E-state index in [0.717, 1.165) is 36.0 Å². The standard InChI is InChI=1S/C19H27N3O3.HI/c1-3-24-17-8-4-7-16(13-17)14-22-19(20-2)21-10-6-11-23-15-18-9-5-12-25-18;/h4-5,7-9,12-13H,3,6,10-11,14-15H2,1-2H3,(H2,20,21,22);1H. The lowest BCUT2D eigenvalue weighted by atomic mass is 10.2. The van der Waals surface area contributed by atoms with Crippen LogP contribution in [0.15, 0.2) is 52.1 Å². The zero-order valence-corrected chi connectivity index (χ0v) is 17.7. The second-order valence-electron chi connectivity index (χ2n) is 5.42. The average molecular weight is 473 g/mol. The van der Waals surface area contributed by atoms with Crippen molar-refractivity contribution in [2.75, 3.05) is 26.8 Å². The summed E-state index contributed by atoms with van der Waals surface area (Å²) in [5.41, 5.74) is 1.15. The second-order valence-corrected chi connectivity index (χ2v) is 5.42. The number of halogens is 1. The first kappa shape index (κ1) is 22.3. The molecule has 2 aromatic rings. The monoisotopic (exact) mass is 473 g/mol. The molecule has 0 atom stereocenters. The van der Waals surface area contributed by atoms with Gasteiger partial charge in [0.05, 0.1) is 12.9 Å². The van der Waals surface area contributed by atoms with E-state index in [1.165, 1.54) is 0 Å². The largest absolute Gasteiger partial charge is 0.494 e. The van der Waals surface area contributed by atoms with Crippen molar-refractivity contribution in [3.63, 3.8) is 0 Å². The van der Waals surface area contributed by atoms with Gasteiger partial charge in [0.25, 0.3) is 0 Å². The number of nitrogens with zero attached hydrogens (tertiary/aromatic N) is 1. The number of nitrogens with one attached hydrogen (secondary N) is 2. The van der Waals surface area contributed by atoms with E-state index in [9.17, 15) is 0 Å². The van der Waals surface area contributed by atoms with Crippen molar-refractivity contribution in [3.8, 4) is 5.75 Å². The van der Waals surface area contributed by atoms with Crippen LogP contribution in [0.2, 0.25) is 0 Å². The van der Waals surface area contributed by atoms with E-state index < -0.39 is 0 Å². The van der Waals surface area contributed by atoms with Gasteiger partial charge in [-0.1, -0.05) is 12.1 Å². The zero-order chi connectivity index (χ0) is 17.7. The van der Waals surface area contributed by atoms with Gasteiger partial charge in [0.1, 0.15) is 18.1 Å².